The number of aliphatic hydroxyl groups excluding tert-OH is 1. The van der Waals surface area contributed by atoms with E-state index in [0.29, 0.717) is 20.8 Å². The molecule has 1 unspecified atom stereocenters. The molecule has 0 amide bonds. The third-order valence-corrected chi connectivity index (χ3v) is 3.41. The number of hydrogen-bond acceptors (Lipinski definition) is 2. The highest BCUT2D eigenvalue weighted by Gasteiger charge is 2.10. The van der Waals surface area contributed by atoms with Crippen LogP contribution in [0.4, 0.5) is 4.39 Å². The Bertz CT molecular complexity index is 602. The fourth-order valence-electron chi connectivity index (χ4n) is 1.54. The SMILES string of the molecule is CC(O)c1ccc(Oc2ccc(Cl)cc2Br)c(F)c1. The Hall–Kier alpha value is -1.10. The van der Waals surface area contributed by atoms with Crippen LogP contribution in [-0.4, -0.2) is 5.11 Å². The Morgan fingerprint density at radius 3 is 2.47 bits per heavy atom. The largest absolute Gasteiger partial charge is 0.453 e. The molecule has 5 heteroatoms. The van der Waals surface area contributed by atoms with Crippen LogP contribution in [0.2, 0.25) is 5.02 Å². The molecule has 2 rings (SSSR count). The van der Waals surface area contributed by atoms with E-state index in [1.54, 1.807) is 31.2 Å². The van der Waals surface area contributed by atoms with Crippen molar-refractivity contribution >= 4 is 27.5 Å². The van der Waals surface area contributed by atoms with Crippen LogP contribution < -0.4 is 4.74 Å². The fourth-order valence-corrected chi connectivity index (χ4v) is 2.30. The normalized spacial score (nSPS) is 12.3. The van der Waals surface area contributed by atoms with E-state index in [1.807, 2.05) is 0 Å². The van der Waals surface area contributed by atoms with Gasteiger partial charge in [-0.05, 0) is 58.7 Å². The molecule has 0 saturated heterocycles. The highest BCUT2D eigenvalue weighted by Crippen LogP contribution is 2.33. The molecule has 0 radical (unpaired) electrons. The van der Waals surface area contributed by atoms with Gasteiger partial charge in [-0.2, -0.15) is 0 Å². The highest BCUT2D eigenvalue weighted by atomic mass is 79.9. The monoisotopic (exact) mass is 344 g/mol. The van der Waals surface area contributed by atoms with Crippen molar-refractivity contribution in [2.75, 3.05) is 0 Å². The zero-order valence-electron chi connectivity index (χ0n) is 10.0. The van der Waals surface area contributed by atoms with Gasteiger partial charge in [-0.25, -0.2) is 4.39 Å². The molecule has 1 atom stereocenters. The summed E-state index contributed by atoms with van der Waals surface area (Å²) in [4.78, 5) is 0. The predicted molar refractivity (Wildman–Crippen MR) is 76.3 cm³/mol. The number of aliphatic hydroxyl groups is 1. The number of ether oxygens (including phenoxy) is 1. The Balaban J connectivity index is 2.28. The Kier molecular flexibility index (Phi) is 4.45. The van der Waals surface area contributed by atoms with Crippen LogP contribution in [0, 0.1) is 5.82 Å². The lowest BCUT2D eigenvalue weighted by Crippen LogP contribution is -1.95. The van der Waals surface area contributed by atoms with Gasteiger partial charge in [-0.15, -0.1) is 0 Å². The first-order valence-corrected chi connectivity index (χ1v) is 6.75. The second-order valence-electron chi connectivity index (χ2n) is 4.04. The van der Waals surface area contributed by atoms with E-state index in [0.717, 1.165) is 0 Å². The summed E-state index contributed by atoms with van der Waals surface area (Å²) in [5.74, 6) is 0.0285. The first-order valence-electron chi connectivity index (χ1n) is 5.58. The second kappa shape index (κ2) is 5.90. The smallest absolute Gasteiger partial charge is 0.166 e. The van der Waals surface area contributed by atoms with Crippen molar-refractivity contribution in [3.8, 4) is 11.5 Å². The van der Waals surface area contributed by atoms with Crippen LogP contribution in [0.25, 0.3) is 0 Å². The maximum atomic E-state index is 13.8. The minimum atomic E-state index is -0.717. The van der Waals surface area contributed by atoms with Crippen molar-refractivity contribution in [3.05, 3.63) is 57.3 Å². The summed E-state index contributed by atoms with van der Waals surface area (Å²) in [5, 5.41) is 9.93. The minimum absolute atomic E-state index is 0.0902. The molecule has 100 valence electrons. The van der Waals surface area contributed by atoms with Crippen LogP contribution in [0.15, 0.2) is 40.9 Å². The van der Waals surface area contributed by atoms with Crippen molar-refractivity contribution in [2.24, 2.45) is 0 Å². The molecular weight excluding hydrogens is 335 g/mol. The van der Waals surface area contributed by atoms with Crippen molar-refractivity contribution < 1.29 is 14.2 Å². The van der Waals surface area contributed by atoms with Crippen LogP contribution in [0.1, 0.15) is 18.6 Å². The fraction of sp³-hybridized carbons (Fsp3) is 0.143. The van der Waals surface area contributed by atoms with Gasteiger partial charge >= 0.3 is 0 Å². The van der Waals surface area contributed by atoms with Gasteiger partial charge in [0.15, 0.2) is 11.6 Å². The van der Waals surface area contributed by atoms with E-state index in [9.17, 15) is 9.50 Å². The summed E-state index contributed by atoms with van der Waals surface area (Å²) < 4.78 is 19.9. The van der Waals surface area contributed by atoms with Gasteiger partial charge in [0.25, 0.3) is 0 Å². The van der Waals surface area contributed by atoms with E-state index < -0.39 is 11.9 Å². The molecule has 0 bridgehead atoms. The Labute approximate surface area is 123 Å². The van der Waals surface area contributed by atoms with Crippen LogP contribution in [0.5, 0.6) is 11.5 Å². The lowest BCUT2D eigenvalue weighted by atomic mass is 10.1. The van der Waals surface area contributed by atoms with Gasteiger partial charge in [0, 0.05) is 5.02 Å². The van der Waals surface area contributed by atoms with Gasteiger partial charge in [0.05, 0.1) is 10.6 Å². The topological polar surface area (TPSA) is 29.5 Å². The van der Waals surface area contributed by atoms with Crippen molar-refractivity contribution in [1.29, 1.82) is 0 Å². The third kappa shape index (κ3) is 3.47. The van der Waals surface area contributed by atoms with Gasteiger partial charge in [-0.1, -0.05) is 17.7 Å². The van der Waals surface area contributed by atoms with Crippen LogP contribution >= 0.6 is 27.5 Å². The van der Waals surface area contributed by atoms with E-state index >= 15 is 0 Å². The summed E-state index contributed by atoms with van der Waals surface area (Å²) in [6, 6.07) is 9.33. The quantitative estimate of drug-likeness (QED) is 0.840. The molecule has 0 aliphatic rings. The number of hydrogen-bond donors (Lipinski definition) is 1. The zero-order chi connectivity index (χ0) is 14.0. The Morgan fingerprint density at radius 1 is 1.21 bits per heavy atom. The maximum Gasteiger partial charge on any atom is 0.166 e. The molecule has 2 aromatic carbocycles. The third-order valence-electron chi connectivity index (χ3n) is 2.55. The molecule has 0 aromatic heterocycles. The number of halogens is 3. The zero-order valence-corrected chi connectivity index (χ0v) is 12.4. The summed E-state index contributed by atoms with van der Waals surface area (Å²) in [7, 11) is 0. The maximum absolute atomic E-state index is 13.8. The molecule has 0 aliphatic carbocycles. The van der Waals surface area contributed by atoms with Gasteiger partial charge in [0.2, 0.25) is 0 Å². The van der Waals surface area contributed by atoms with Crippen molar-refractivity contribution in [1.82, 2.24) is 0 Å². The minimum Gasteiger partial charge on any atom is -0.453 e. The molecule has 0 fully saturated rings. The molecule has 0 spiro atoms. The van der Waals surface area contributed by atoms with Crippen molar-refractivity contribution in [3.63, 3.8) is 0 Å². The number of rotatable bonds is 3. The second-order valence-corrected chi connectivity index (χ2v) is 5.33. The van der Waals surface area contributed by atoms with E-state index in [4.69, 9.17) is 16.3 Å². The molecule has 0 aliphatic heterocycles. The van der Waals surface area contributed by atoms with Gasteiger partial charge in [-0.3, -0.25) is 0 Å². The summed E-state index contributed by atoms with van der Waals surface area (Å²) in [6.07, 6.45) is -0.717. The molecule has 0 heterocycles. The van der Waals surface area contributed by atoms with Crippen LogP contribution in [-0.2, 0) is 0 Å². The van der Waals surface area contributed by atoms with Crippen molar-refractivity contribution in [2.45, 2.75) is 13.0 Å². The van der Waals surface area contributed by atoms with E-state index in [-0.39, 0.29) is 5.75 Å². The molecule has 0 saturated carbocycles. The summed E-state index contributed by atoms with van der Waals surface area (Å²) >= 11 is 9.11. The Morgan fingerprint density at radius 2 is 1.89 bits per heavy atom. The van der Waals surface area contributed by atoms with Gasteiger partial charge in [0.1, 0.15) is 5.75 Å². The lowest BCUT2D eigenvalue weighted by molar-refractivity contribution is 0.198. The first-order chi connectivity index (χ1) is 8.97. The number of benzene rings is 2. The summed E-state index contributed by atoms with van der Waals surface area (Å²) in [6.45, 7) is 1.57. The average molecular weight is 346 g/mol. The molecule has 2 nitrogen and oxygen atoms in total. The average Bonchev–Trinajstić information content (AvgIpc) is 2.34. The van der Waals surface area contributed by atoms with Crippen LogP contribution in [0.3, 0.4) is 0 Å². The first kappa shape index (κ1) is 14.3. The van der Waals surface area contributed by atoms with E-state index in [2.05, 4.69) is 15.9 Å². The van der Waals surface area contributed by atoms with Gasteiger partial charge < -0.3 is 9.84 Å². The molecule has 2 aromatic rings. The molecular formula is C14H11BrClFO2. The predicted octanol–water partition coefficient (Wildman–Crippen LogP) is 5.09. The van der Waals surface area contributed by atoms with E-state index in [1.165, 1.54) is 12.1 Å². The standard InChI is InChI=1S/C14H11BrClFO2/c1-8(18)9-2-4-14(12(17)6-9)19-13-5-3-10(16)7-11(13)15/h2-8,18H,1H3. The lowest BCUT2D eigenvalue weighted by Gasteiger charge is -2.11. The molecule has 19 heavy (non-hydrogen) atoms. The highest BCUT2D eigenvalue weighted by molar-refractivity contribution is 9.10. The molecule has 1 N–H and O–H groups in total. The summed E-state index contributed by atoms with van der Waals surface area (Å²) in [5.41, 5.74) is 0.500.